The van der Waals surface area contributed by atoms with Crippen molar-refractivity contribution in [3.63, 3.8) is 0 Å². The zero-order chi connectivity index (χ0) is 15.8. The number of esters is 1. The SMILES string of the molecule is CCCC[C@H](NC(=O)c1cc(OC)ccc1N)C(=O)OC. The molecule has 0 fully saturated rings. The van der Waals surface area contributed by atoms with E-state index in [9.17, 15) is 9.59 Å². The van der Waals surface area contributed by atoms with Gasteiger partial charge in [0.15, 0.2) is 0 Å². The molecule has 0 aliphatic rings. The Morgan fingerprint density at radius 1 is 1.33 bits per heavy atom. The quantitative estimate of drug-likeness (QED) is 0.590. The molecule has 21 heavy (non-hydrogen) atoms. The number of carbonyl (C=O) groups is 2. The number of nitrogen functional groups attached to an aromatic ring is 1. The lowest BCUT2D eigenvalue weighted by Crippen LogP contribution is -2.41. The number of hydrogen-bond acceptors (Lipinski definition) is 5. The Labute approximate surface area is 124 Å². The summed E-state index contributed by atoms with van der Waals surface area (Å²) in [5, 5.41) is 2.66. The van der Waals surface area contributed by atoms with Gasteiger partial charge in [0, 0.05) is 5.69 Å². The van der Waals surface area contributed by atoms with Crippen molar-refractivity contribution in [3.05, 3.63) is 23.8 Å². The van der Waals surface area contributed by atoms with Crippen molar-refractivity contribution in [1.29, 1.82) is 0 Å². The van der Waals surface area contributed by atoms with E-state index in [2.05, 4.69) is 5.32 Å². The molecule has 1 aromatic carbocycles. The fraction of sp³-hybridized carbons (Fsp3) is 0.467. The van der Waals surface area contributed by atoms with Crippen LogP contribution in [0.5, 0.6) is 5.75 Å². The van der Waals surface area contributed by atoms with Crippen LogP contribution in [0.1, 0.15) is 36.5 Å². The van der Waals surface area contributed by atoms with Crippen molar-refractivity contribution < 1.29 is 19.1 Å². The molecule has 1 atom stereocenters. The zero-order valence-corrected chi connectivity index (χ0v) is 12.6. The minimum Gasteiger partial charge on any atom is -0.497 e. The predicted molar refractivity (Wildman–Crippen MR) is 80.2 cm³/mol. The molecule has 1 amide bonds. The smallest absolute Gasteiger partial charge is 0.328 e. The fourth-order valence-corrected chi connectivity index (χ4v) is 1.89. The van der Waals surface area contributed by atoms with Crippen LogP contribution in [-0.2, 0) is 9.53 Å². The Hall–Kier alpha value is -2.24. The van der Waals surface area contributed by atoms with Crippen LogP contribution >= 0.6 is 0 Å². The van der Waals surface area contributed by atoms with Crippen molar-refractivity contribution in [3.8, 4) is 5.75 Å². The third-order valence-electron chi connectivity index (χ3n) is 3.14. The first-order valence-electron chi connectivity index (χ1n) is 6.85. The van der Waals surface area contributed by atoms with Crippen LogP contribution in [0.4, 0.5) is 5.69 Å². The number of benzene rings is 1. The van der Waals surface area contributed by atoms with Crippen LogP contribution in [0.15, 0.2) is 18.2 Å². The van der Waals surface area contributed by atoms with Gasteiger partial charge >= 0.3 is 5.97 Å². The molecule has 116 valence electrons. The van der Waals surface area contributed by atoms with Crippen LogP contribution in [0.3, 0.4) is 0 Å². The highest BCUT2D eigenvalue weighted by Gasteiger charge is 2.22. The molecule has 0 radical (unpaired) electrons. The number of unbranched alkanes of at least 4 members (excludes halogenated alkanes) is 1. The molecule has 0 spiro atoms. The van der Waals surface area contributed by atoms with Crippen molar-refractivity contribution in [2.45, 2.75) is 32.2 Å². The van der Waals surface area contributed by atoms with Gasteiger partial charge in [-0.15, -0.1) is 0 Å². The van der Waals surface area contributed by atoms with Gasteiger partial charge in [0.05, 0.1) is 19.8 Å². The van der Waals surface area contributed by atoms with Gasteiger partial charge in [0.2, 0.25) is 0 Å². The summed E-state index contributed by atoms with van der Waals surface area (Å²) in [6.45, 7) is 2.01. The highest BCUT2D eigenvalue weighted by Crippen LogP contribution is 2.19. The van der Waals surface area contributed by atoms with Crippen LogP contribution in [0.2, 0.25) is 0 Å². The number of anilines is 1. The van der Waals surface area contributed by atoms with Crippen molar-refractivity contribution >= 4 is 17.6 Å². The normalized spacial score (nSPS) is 11.6. The number of nitrogens with one attached hydrogen (secondary N) is 1. The molecule has 6 nitrogen and oxygen atoms in total. The monoisotopic (exact) mass is 294 g/mol. The van der Waals surface area contributed by atoms with Gasteiger partial charge in [0.25, 0.3) is 5.91 Å². The van der Waals surface area contributed by atoms with E-state index in [-0.39, 0.29) is 5.56 Å². The molecular weight excluding hydrogens is 272 g/mol. The minimum absolute atomic E-state index is 0.278. The molecule has 0 unspecified atom stereocenters. The van der Waals surface area contributed by atoms with Gasteiger partial charge in [-0.2, -0.15) is 0 Å². The van der Waals surface area contributed by atoms with Gasteiger partial charge in [0.1, 0.15) is 11.8 Å². The topological polar surface area (TPSA) is 90.6 Å². The third kappa shape index (κ3) is 4.66. The summed E-state index contributed by atoms with van der Waals surface area (Å²) < 4.78 is 9.78. The molecule has 0 saturated carbocycles. The highest BCUT2D eigenvalue weighted by molar-refractivity contribution is 6.01. The van der Waals surface area contributed by atoms with Crippen LogP contribution < -0.4 is 15.8 Å². The molecule has 1 rings (SSSR count). The number of hydrogen-bond donors (Lipinski definition) is 2. The molecule has 0 aromatic heterocycles. The standard InChI is InChI=1S/C15H22N2O4/c1-4-5-6-13(15(19)21-3)17-14(18)11-9-10(20-2)7-8-12(11)16/h7-9,13H,4-6,16H2,1-3H3,(H,17,18)/t13-/m0/s1. The number of carbonyl (C=O) groups excluding carboxylic acids is 2. The largest absolute Gasteiger partial charge is 0.497 e. The fourth-order valence-electron chi connectivity index (χ4n) is 1.89. The first kappa shape index (κ1) is 16.8. The average molecular weight is 294 g/mol. The number of methoxy groups -OCH3 is 2. The molecule has 0 heterocycles. The third-order valence-corrected chi connectivity index (χ3v) is 3.14. The highest BCUT2D eigenvalue weighted by atomic mass is 16.5. The maximum absolute atomic E-state index is 12.3. The summed E-state index contributed by atoms with van der Waals surface area (Å²) in [5.41, 5.74) is 6.40. The van der Waals surface area contributed by atoms with Gasteiger partial charge in [-0.1, -0.05) is 19.8 Å². The number of nitrogens with two attached hydrogens (primary N) is 1. The van der Waals surface area contributed by atoms with Crippen LogP contribution in [-0.4, -0.2) is 32.1 Å². The minimum atomic E-state index is -0.673. The first-order valence-corrected chi connectivity index (χ1v) is 6.85. The Bertz CT molecular complexity index is 502. The predicted octanol–water partition coefficient (Wildman–Crippen LogP) is 1.74. The second-order valence-electron chi connectivity index (χ2n) is 4.64. The Morgan fingerprint density at radius 2 is 2.05 bits per heavy atom. The summed E-state index contributed by atoms with van der Waals surface area (Å²) in [4.78, 5) is 24.0. The van der Waals surface area contributed by atoms with E-state index in [4.69, 9.17) is 15.2 Å². The van der Waals surface area contributed by atoms with Gasteiger partial charge < -0.3 is 20.5 Å². The molecule has 0 bridgehead atoms. The van der Waals surface area contributed by atoms with Crippen molar-refractivity contribution in [2.24, 2.45) is 0 Å². The molecule has 1 aromatic rings. The summed E-state index contributed by atoms with van der Waals surface area (Å²) in [6.07, 6.45) is 2.26. The van der Waals surface area contributed by atoms with Crippen molar-refractivity contribution in [2.75, 3.05) is 20.0 Å². The molecular formula is C15H22N2O4. The number of rotatable bonds is 7. The molecule has 0 aliphatic carbocycles. The Morgan fingerprint density at radius 3 is 2.62 bits per heavy atom. The van der Waals surface area contributed by atoms with Crippen LogP contribution in [0, 0.1) is 0 Å². The second-order valence-corrected chi connectivity index (χ2v) is 4.64. The number of ether oxygens (including phenoxy) is 2. The summed E-state index contributed by atoms with van der Waals surface area (Å²) in [7, 11) is 2.80. The Kier molecular flexibility index (Phi) is 6.52. The average Bonchev–Trinajstić information content (AvgIpc) is 2.50. The van der Waals surface area contributed by atoms with Crippen LogP contribution in [0.25, 0.3) is 0 Å². The Balaban J connectivity index is 2.88. The summed E-state index contributed by atoms with van der Waals surface area (Å²) >= 11 is 0. The van der Waals surface area contributed by atoms with E-state index >= 15 is 0 Å². The first-order chi connectivity index (χ1) is 10.0. The van der Waals surface area contributed by atoms with E-state index < -0.39 is 17.9 Å². The van der Waals surface area contributed by atoms with E-state index in [1.165, 1.54) is 14.2 Å². The van der Waals surface area contributed by atoms with E-state index in [0.29, 0.717) is 17.9 Å². The van der Waals surface area contributed by atoms with Gasteiger partial charge in [-0.05, 0) is 24.6 Å². The lowest BCUT2D eigenvalue weighted by Gasteiger charge is -2.17. The maximum Gasteiger partial charge on any atom is 0.328 e. The molecule has 6 heteroatoms. The molecule has 3 N–H and O–H groups in total. The second kappa shape index (κ2) is 8.14. The van der Waals surface area contributed by atoms with Crippen molar-refractivity contribution in [1.82, 2.24) is 5.32 Å². The molecule has 0 aliphatic heterocycles. The van der Waals surface area contributed by atoms with E-state index in [1.807, 2.05) is 6.92 Å². The lowest BCUT2D eigenvalue weighted by molar-refractivity contribution is -0.143. The van der Waals surface area contributed by atoms with Gasteiger partial charge in [-0.25, -0.2) is 4.79 Å². The van der Waals surface area contributed by atoms with Gasteiger partial charge in [-0.3, -0.25) is 4.79 Å². The van der Waals surface area contributed by atoms with E-state index in [0.717, 1.165) is 12.8 Å². The molecule has 0 saturated heterocycles. The lowest BCUT2D eigenvalue weighted by atomic mass is 10.1. The zero-order valence-electron chi connectivity index (χ0n) is 12.6. The van der Waals surface area contributed by atoms with E-state index in [1.54, 1.807) is 18.2 Å². The number of amides is 1. The maximum atomic E-state index is 12.3. The summed E-state index contributed by atoms with van der Waals surface area (Å²) in [5.74, 6) is -0.353. The summed E-state index contributed by atoms with van der Waals surface area (Å²) in [6, 6.07) is 4.13.